The third-order valence-electron chi connectivity index (χ3n) is 2.66. The highest BCUT2D eigenvalue weighted by Crippen LogP contribution is 2.28. The Morgan fingerprint density at radius 1 is 0.944 bits per heavy atom. The molecule has 94 valence electrons. The maximum Gasteiger partial charge on any atom is 0.130 e. The van der Waals surface area contributed by atoms with Crippen LogP contribution in [0.15, 0.2) is 42.5 Å². The molecule has 18 heavy (non-hydrogen) atoms. The second kappa shape index (κ2) is 5.44. The van der Waals surface area contributed by atoms with Gasteiger partial charge < -0.3 is 0 Å². The van der Waals surface area contributed by atoms with Crippen molar-refractivity contribution < 1.29 is 13.2 Å². The fraction of sp³-hybridized carbons (Fsp3) is 0.143. The molecule has 4 heteroatoms. The van der Waals surface area contributed by atoms with E-state index in [0.717, 1.165) is 12.1 Å². The summed E-state index contributed by atoms with van der Waals surface area (Å²) >= 11 is 6.04. The van der Waals surface area contributed by atoms with Crippen LogP contribution in [-0.2, 0) is 6.42 Å². The Kier molecular flexibility index (Phi) is 3.92. The zero-order valence-electron chi connectivity index (χ0n) is 9.34. The summed E-state index contributed by atoms with van der Waals surface area (Å²) in [6.45, 7) is 0. The SMILES string of the molecule is Fc1ccc(C(Cl)Cc2ccccc2F)c(F)c1. The molecule has 2 aromatic rings. The van der Waals surface area contributed by atoms with Crippen LogP contribution in [0.25, 0.3) is 0 Å². The van der Waals surface area contributed by atoms with E-state index in [9.17, 15) is 13.2 Å². The minimum absolute atomic E-state index is 0.150. The van der Waals surface area contributed by atoms with E-state index in [2.05, 4.69) is 0 Å². The van der Waals surface area contributed by atoms with Crippen LogP contribution < -0.4 is 0 Å². The molecule has 1 atom stereocenters. The lowest BCUT2D eigenvalue weighted by Gasteiger charge is -2.11. The van der Waals surface area contributed by atoms with Crippen molar-refractivity contribution in [1.29, 1.82) is 0 Å². The van der Waals surface area contributed by atoms with Gasteiger partial charge >= 0.3 is 0 Å². The Labute approximate surface area is 108 Å². The molecule has 0 aliphatic heterocycles. The second-order valence-corrected chi connectivity index (χ2v) is 4.46. The third-order valence-corrected chi connectivity index (χ3v) is 3.05. The zero-order valence-corrected chi connectivity index (χ0v) is 10.1. The molecule has 0 N–H and O–H groups in total. The van der Waals surface area contributed by atoms with Crippen molar-refractivity contribution in [2.75, 3.05) is 0 Å². The number of halogens is 4. The quantitative estimate of drug-likeness (QED) is 0.714. The van der Waals surface area contributed by atoms with Gasteiger partial charge in [-0.1, -0.05) is 24.3 Å². The number of benzene rings is 2. The number of hydrogen-bond donors (Lipinski definition) is 0. The molecule has 2 rings (SSSR count). The molecule has 2 aromatic carbocycles. The van der Waals surface area contributed by atoms with Gasteiger partial charge in [0.05, 0.1) is 5.38 Å². The van der Waals surface area contributed by atoms with E-state index in [4.69, 9.17) is 11.6 Å². The molecule has 0 aliphatic carbocycles. The summed E-state index contributed by atoms with van der Waals surface area (Å²) in [5.74, 6) is -1.76. The van der Waals surface area contributed by atoms with Crippen LogP contribution in [0.2, 0.25) is 0 Å². The lowest BCUT2D eigenvalue weighted by molar-refractivity contribution is 0.566. The van der Waals surface area contributed by atoms with E-state index >= 15 is 0 Å². The Morgan fingerprint density at radius 3 is 2.33 bits per heavy atom. The molecule has 0 amide bonds. The van der Waals surface area contributed by atoms with Gasteiger partial charge in [0.15, 0.2) is 0 Å². The third kappa shape index (κ3) is 2.85. The molecule has 0 saturated heterocycles. The van der Waals surface area contributed by atoms with E-state index in [0.29, 0.717) is 5.56 Å². The first kappa shape index (κ1) is 13.0. The highest BCUT2D eigenvalue weighted by molar-refractivity contribution is 6.20. The maximum atomic E-state index is 13.5. The number of alkyl halides is 1. The molecular weight excluding hydrogens is 261 g/mol. The smallest absolute Gasteiger partial charge is 0.130 e. The second-order valence-electron chi connectivity index (χ2n) is 3.93. The normalized spacial score (nSPS) is 12.4. The fourth-order valence-electron chi connectivity index (χ4n) is 1.72. The van der Waals surface area contributed by atoms with Crippen molar-refractivity contribution >= 4 is 11.6 Å². The van der Waals surface area contributed by atoms with Gasteiger partial charge in [-0.2, -0.15) is 0 Å². The van der Waals surface area contributed by atoms with Crippen molar-refractivity contribution in [1.82, 2.24) is 0 Å². The van der Waals surface area contributed by atoms with Crippen LogP contribution in [0.4, 0.5) is 13.2 Å². The minimum atomic E-state index is -0.734. The van der Waals surface area contributed by atoms with Gasteiger partial charge in [0.25, 0.3) is 0 Å². The largest absolute Gasteiger partial charge is 0.207 e. The first-order valence-electron chi connectivity index (χ1n) is 5.40. The summed E-state index contributed by atoms with van der Waals surface area (Å²) in [7, 11) is 0. The maximum absolute atomic E-state index is 13.5. The molecule has 0 radical (unpaired) electrons. The van der Waals surface area contributed by atoms with Crippen molar-refractivity contribution in [2.24, 2.45) is 0 Å². The van der Waals surface area contributed by atoms with Crippen LogP contribution in [-0.4, -0.2) is 0 Å². The Morgan fingerprint density at radius 2 is 1.67 bits per heavy atom. The Bertz CT molecular complexity index is 554. The van der Waals surface area contributed by atoms with E-state index in [1.54, 1.807) is 18.2 Å². The van der Waals surface area contributed by atoms with E-state index in [1.165, 1.54) is 12.1 Å². The Balaban J connectivity index is 2.22. The van der Waals surface area contributed by atoms with Crippen LogP contribution in [0.3, 0.4) is 0 Å². The Hall–Kier alpha value is -1.48. The minimum Gasteiger partial charge on any atom is -0.207 e. The molecule has 0 nitrogen and oxygen atoms in total. The van der Waals surface area contributed by atoms with Gasteiger partial charge in [-0.15, -0.1) is 11.6 Å². The highest BCUT2D eigenvalue weighted by Gasteiger charge is 2.15. The highest BCUT2D eigenvalue weighted by atomic mass is 35.5. The summed E-state index contributed by atoms with van der Waals surface area (Å²) in [6.07, 6.45) is 0.150. The average molecular weight is 271 g/mol. The van der Waals surface area contributed by atoms with Gasteiger partial charge in [0.1, 0.15) is 17.5 Å². The lowest BCUT2D eigenvalue weighted by atomic mass is 10.0. The van der Waals surface area contributed by atoms with Crippen LogP contribution >= 0.6 is 11.6 Å². The predicted octanol–water partition coefficient (Wildman–Crippen LogP) is 4.63. The van der Waals surface area contributed by atoms with Gasteiger partial charge in [0, 0.05) is 11.6 Å². The molecule has 0 saturated carbocycles. The summed E-state index contributed by atoms with van der Waals surface area (Å²) in [6, 6.07) is 9.35. The van der Waals surface area contributed by atoms with Crippen molar-refractivity contribution in [2.45, 2.75) is 11.8 Å². The molecule has 0 heterocycles. The van der Waals surface area contributed by atoms with Crippen LogP contribution in [0.1, 0.15) is 16.5 Å². The molecule has 1 unspecified atom stereocenters. The van der Waals surface area contributed by atoms with Gasteiger partial charge in [-0.25, -0.2) is 13.2 Å². The van der Waals surface area contributed by atoms with Crippen molar-refractivity contribution in [3.63, 3.8) is 0 Å². The lowest BCUT2D eigenvalue weighted by Crippen LogP contribution is -2.01. The molecule has 0 bridgehead atoms. The summed E-state index contributed by atoms with van der Waals surface area (Å²) in [5.41, 5.74) is 0.572. The molecule has 0 aromatic heterocycles. The first-order valence-corrected chi connectivity index (χ1v) is 5.84. The molecule has 0 fully saturated rings. The van der Waals surface area contributed by atoms with Gasteiger partial charge in [0.2, 0.25) is 0 Å². The van der Waals surface area contributed by atoms with E-state index < -0.39 is 17.0 Å². The van der Waals surface area contributed by atoms with Crippen LogP contribution in [0, 0.1) is 17.5 Å². The summed E-state index contributed by atoms with van der Waals surface area (Å²) < 4.78 is 39.7. The van der Waals surface area contributed by atoms with Gasteiger partial charge in [-0.05, 0) is 24.1 Å². The number of hydrogen-bond acceptors (Lipinski definition) is 0. The average Bonchev–Trinajstić information content (AvgIpc) is 2.32. The van der Waals surface area contributed by atoms with Crippen LogP contribution in [0.5, 0.6) is 0 Å². The van der Waals surface area contributed by atoms with Crippen molar-refractivity contribution in [3.8, 4) is 0 Å². The van der Waals surface area contributed by atoms with E-state index in [1.807, 2.05) is 0 Å². The monoisotopic (exact) mass is 270 g/mol. The summed E-state index contributed by atoms with van der Waals surface area (Å²) in [4.78, 5) is 0. The molecule has 0 spiro atoms. The standard InChI is InChI=1S/C14H10ClF3/c15-12(7-9-3-1-2-4-13(9)17)11-6-5-10(16)8-14(11)18/h1-6,8,12H,7H2. The van der Waals surface area contributed by atoms with E-state index in [-0.39, 0.29) is 17.8 Å². The molecular formula is C14H10ClF3. The zero-order chi connectivity index (χ0) is 13.1. The van der Waals surface area contributed by atoms with Gasteiger partial charge in [-0.3, -0.25) is 0 Å². The summed E-state index contributed by atoms with van der Waals surface area (Å²) in [5, 5.41) is -0.734. The topological polar surface area (TPSA) is 0 Å². The predicted molar refractivity (Wildman–Crippen MR) is 65.1 cm³/mol. The van der Waals surface area contributed by atoms with Crippen molar-refractivity contribution in [3.05, 3.63) is 71.0 Å². The first-order chi connectivity index (χ1) is 8.58. The number of rotatable bonds is 3. The molecule has 0 aliphatic rings. The fourth-order valence-corrected chi connectivity index (χ4v) is 2.07.